The molecule has 0 fully saturated rings. The van der Waals surface area contributed by atoms with Gasteiger partial charge in [0.05, 0.1) is 43.5 Å². The maximum Gasteiger partial charge on any atom is 0.229 e. The quantitative estimate of drug-likeness (QED) is 0.132. The summed E-state index contributed by atoms with van der Waals surface area (Å²) < 4.78 is 10.7. The molecular formula is C23H29ClN8O2S2. The lowest BCUT2D eigenvalue weighted by molar-refractivity contribution is 0.405. The second-order valence-electron chi connectivity index (χ2n) is 7.62. The van der Waals surface area contributed by atoms with Gasteiger partial charge < -0.3 is 25.1 Å². The highest BCUT2D eigenvalue weighted by Gasteiger charge is 2.13. The molecule has 0 saturated heterocycles. The Morgan fingerprint density at radius 1 is 1.08 bits per heavy atom. The largest absolute Gasteiger partial charge is 0.495 e. The second-order valence-corrected chi connectivity index (χ2v) is 9.54. The van der Waals surface area contributed by atoms with Gasteiger partial charge in [-0.1, -0.05) is 11.6 Å². The molecule has 36 heavy (non-hydrogen) atoms. The summed E-state index contributed by atoms with van der Waals surface area (Å²) in [6.45, 7) is 6.36. The molecule has 0 bridgehead atoms. The van der Waals surface area contributed by atoms with E-state index in [1.54, 1.807) is 37.3 Å². The molecule has 192 valence electrons. The lowest BCUT2D eigenvalue weighted by Gasteiger charge is -2.17. The maximum atomic E-state index is 6.21. The van der Waals surface area contributed by atoms with Crippen molar-refractivity contribution < 1.29 is 9.47 Å². The number of guanidine groups is 1. The Morgan fingerprint density at radius 3 is 2.44 bits per heavy atom. The van der Waals surface area contributed by atoms with Gasteiger partial charge >= 0.3 is 0 Å². The first kappa shape index (κ1) is 27.5. The molecule has 3 rings (SSSR count). The second kappa shape index (κ2) is 13.3. The minimum atomic E-state index is 0.285. The Kier molecular flexibility index (Phi) is 10.1. The number of thiocarbonyl (C=S) groups is 1. The number of hydrogen-bond donors (Lipinski definition) is 4. The fourth-order valence-corrected chi connectivity index (χ4v) is 4.43. The van der Waals surface area contributed by atoms with E-state index in [9.17, 15) is 0 Å². The van der Waals surface area contributed by atoms with Crippen LogP contribution in [0.4, 0.5) is 11.6 Å². The van der Waals surface area contributed by atoms with Crippen LogP contribution in [-0.4, -0.2) is 57.5 Å². The van der Waals surface area contributed by atoms with E-state index in [0.29, 0.717) is 40.7 Å². The molecule has 0 unspecified atom stereocenters. The smallest absolute Gasteiger partial charge is 0.229 e. The first-order valence-electron chi connectivity index (χ1n) is 11.0. The molecule has 2 aromatic heterocycles. The number of rotatable bonds is 9. The van der Waals surface area contributed by atoms with Crippen molar-refractivity contribution in [1.29, 1.82) is 0 Å². The number of nitrogens with zero attached hydrogens (tertiary/aromatic N) is 4. The highest BCUT2D eigenvalue weighted by molar-refractivity contribution is 7.98. The average Bonchev–Trinajstić information content (AvgIpc) is 3.23. The van der Waals surface area contributed by atoms with Gasteiger partial charge in [-0.3, -0.25) is 10.3 Å². The third-order valence-corrected chi connectivity index (χ3v) is 6.29. The molecule has 0 saturated carbocycles. The van der Waals surface area contributed by atoms with Crippen LogP contribution in [0.15, 0.2) is 29.5 Å². The summed E-state index contributed by atoms with van der Waals surface area (Å²) in [5.41, 5.74) is 4.39. The van der Waals surface area contributed by atoms with Crippen LogP contribution in [0.3, 0.4) is 0 Å². The lowest BCUT2D eigenvalue weighted by Crippen LogP contribution is -2.39. The zero-order valence-corrected chi connectivity index (χ0v) is 23.1. The number of anilines is 2. The first-order valence-corrected chi connectivity index (χ1v) is 12.9. The topological polar surface area (TPSA) is 121 Å². The molecule has 13 heteroatoms. The Bertz CT molecular complexity index is 1210. The van der Waals surface area contributed by atoms with Crippen LogP contribution in [-0.2, 0) is 5.75 Å². The van der Waals surface area contributed by atoms with Crippen molar-refractivity contribution in [3.8, 4) is 11.5 Å². The molecule has 0 atom stereocenters. The molecule has 4 N–H and O–H groups in total. The van der Waals surface area contributed by atoms with Crippen LogP contribution in [0.25, 0.3) is 0 Å². The van der Waals surface area contributed by atoms with Gasteiger partial charge in [0.1, 0.15) is 11.5 Å². The summed E-state index contributed by atoms with van der Waals surface area (Å²) in [6, 6.07) is 5.26. The van der Waals surface area contributed by atoms with E-state index in [2.05, 4.69) is 40.9 Å². The number of aromatic amines is 1. The molecule has 0 aliphatic rings. The van der Waals surface area contributed by atoms with Crippen LogP contribution < -0.4 is 25.4 Å². The minimum Gasteiger partial charge on any atom is -0.495 e. The summed E-state index contributed by atoms with van der Waals surface area (Å²) >= 11 is 13.5. The van der Waals surface area contributed by atoms with Crippen LogP contribution >= 0.6 is 35.6 Å². The highest BCUT2D eigenvalue weighted by Crippen LogP contribution is 2.35. The van der Waals surface area contributed by atoms with E-state index < -0.39 is 0 Å². The lowest BCUT2D eigenvalue weighted by atomic mass is 10.2. The number of nitrogens with one attached hydrogen (secondary N) is 4. The van der Waals surface area contributed by atoms with E-state index in [1.165, 1.54) is 7.11 Å². The van der Waals surface area contributed by atoms with Crippen molar-refractivity contribution in [2.45, 2.75) is 26.5 Å². The van der Waals surface area contributed by atoms with Gasteiger partial charge in [-0.25, -0.2) is 15.0 Å². The third kappa shape index (κ3) is 7.97. The predicted octanol–water partition coefficient (Wildman–Crippen LogP) is 4.48. The van der Waals surface area contributed by atoms with Gasteiger partial charge in [0.15, 0.2) is 5.11 Å². The van der Waals surface area contributed by atoms with Gasteiger partial charge in [0.25, 0.3) is 0 Å². The number of imidazole rings is 1. The SMILES string of the molecule is COc1cc(NC(=S)NC(=NCCSCc2nc[nH]c2C)Nc2nc(C)cc(C)n2)c(OC)cc1Cl. The fraction of sp³-hybridized carbons (Fsp3) is 0.348. The van der Waals surface area contributed by atoms with E-state index in [0.717, 1.165) is 34.3 Å². The molecular weight excluding hydrogens is 520 g/mol. The Labute approximate surface area is 225 Å². The van der Waals surface area contributed by atoms with Crippen LogP contribution in [0, 0.1) is 20.8 Å². The summed E-state index contributed by atoms with van der Waals surface area (Å²) in [4.78, 5) is 20.9. The number of H-pyrrole nitrogens is 1. The fourth-order valence-electron chi connectivity index (χ4n) is 3.14. The molecule has 0 spiro atoms. The van der Waals surface area contributed by atoms with Gasteiger partial charge in [0.2, 0.25) is 11.9 Å². The van der Waals surface area contributed by atoms with Gasteiger partial charge in [-0.15, -0.1) is 0 Å². The number of halogens is 1. The summed E-state index contributed by atoms with van der Waals surface area (Å²) in [6.07, 6.45) is 1.71. The van der Waals surface area contributed by atoms with Gasteiger partial charge in [0, 0.05) is 40.7 Å². The standard InChI is InChI=1S/C23H29ClN8O2S2/c1-13-8-14(2)29-22(28-13)31-21(25-6-7-36-11-18-15(3)26-12-27-18)32-23(35)30-17-10-19(33-4)16(24)9-20(17)34-5/h8-10,12H,6-7,11H2,1-5H3,(H,26,27)(H3,25,28,29,30,31,32,35). The van der Waals surface area contributed by atoms with Crippen molar-refractivity contribution >= 4 is 58.3 Å². The molecule has 0 amide bonds. The van der Waals surface area contributed by atoms with Gasteiger partial charge in [-0.05, 0) is 39.1 Å². The zero-order valence-electron chi connectivity index (χ0n) is 20.7. The van der Waals surface area contributed by atoms with Crippen molar-refractivity contribution in [2.24, 2.45) is 4.99 Å². The molecule has 0 aliphatic heterocycles. The Morgan fingerprint density at radius 2 is 1.81 bits per heavy atom. The number of ether oxygens (including phenoxy) is 2. The van der Waals surface area contributed by atoms with Gasteiger partial charge in [-0.2, -0.15) is 11.8 Å². The van der Waals surface area contributed by atoms with E-state index >= 15 is 0 Å². The zero-order chi connectivity index (χ0) is 26.1. The monoisotopic (exact) mass is 548 g/mol. The summed E-state index contributed by atoms with van der Waals surface area (Å²) in [5.74, 6) is 3.43. The van der Waals surface area contributed by atoms with E-state index in [-0.39, 0.29) is 5.11 Å². The normalized spacial score (nSPS) is 11.2. The Balaban J connectivity index is 1.70. The van der Waals surface area contributed by atoms with Crippen LogP contribution in [0.2, 0.25) is 5.02 Å². The molecule has 0 aliphatic carbocycles. The predicted molar refractivity (Wildman–Crippen MR) is 151 cm³/mol. The number of aliphatic imine (C=N–C) groups is 1. The molecule has 10 nitrogen and oxygen atoms in total. The summed E-state index contributed by atoms with van der Waals surface area (Å²) in [5, 5.41) is 10.0. The van der Waals surface area contributed by atoms with E-state index in [4.69, 9.17) is 33.3 Å². The van der Waals surface area contributed by atoms with E-state index in [1.807, 2.05) is 26.8 Å². The number of hydrogen-bond acceptors (Lipinski definition) is 8. The van der Waals surface area contributed by atoms with Crippen LogP contribution in [0.1, 0.15) is 22.8 Å². The number of methoxy groups -OCH3 is 2. The molecule has 1 aromatic carbocycles. The summed E-state index contributed by atoms with van der Waals surface area (Å²) in [7, 11) is 3.09. The van der Waals surface area contributed by atoms with Crippen molar-refractivity contribution in [3.05, 3.63) is 52.3 Å². The van der Waals surface area contributed by atoms with Crippen molar-refractivity contribution in [1.82, 2.24) is 25.3 Å². The first-order chi connectivity index (χ1) is 17.3. The molecule has 3 aromatic rings. The highest BCUT2D eigenvalue weighted by atomic mass is 35.5. The average molecular weight is 549 g/mol. The molecule has 2 heterocycles. The Hall–Kier alpha value is -3.09. The van der Waals surface area contributed by atoms with Crippen molar-refractivity contribution in [2.75, 3.05) is 37.2 Å². The number of thioether (sulfide) groups is 1. The molecule has 0 radical (unpaired) electrons. The number of aryl methyl sites for hydroxylation is 3. The third-order valence-electron chi connectivity index (χ3n) is 4.85. The number of benzene rings is 1. The van der Waals surface area contributed by atoms with Crippen LogP contribution in [0.5, 0.6) is 11.5 Å². The minimum absolute atomic E-state index is 0.285. The maximum absolute atomic E-state index is 6.21. The number of aromatic nitrogens is 4. The van der Waals surface area contributed by atoms with Crippen molar-refractivity contribution in [3.63, 3.8) is 0 Å².